The fraction of sp³-hybridized carbons (Fsp3) is 0.488. The van der Waals surface area contributed by atoms with E-state index in [0.717, 1.165) is 83.8 Å². The molecule has 4 bridgehead atoms. The smallest absolute Gasteiger partial charge is 0.407 e. The summed E-state index contributed by atoms with van der Waals surface area (Å²) in [4.78, 5) is 72.6. The van der Waals surface area contributed by atoms with Crippen LogP contribution in [-0.2, 0) is 19.1 Å². The number of carbonyl (C=O) groups excluding carboxylic acids is 4. The monoisotopic (exact) mass is 774 g/mol. The van der Waals surface area contributed by atoms with E-state index in [4.69, 9.17) is 19.4 Å². The number of alkyl carbamates (subject to hydrolysis) is 2. The molecule has 14 heteroatoms. The first-order valence-electron chi connectivity index (χ1n) is 20.2. The first-order valence-corrected chi connectivity index (χ1v) is 20.2. The Kier molecular flexibility index (Phi) is 9.32. The van der Waals surface area contributed by atoms with Gasteiger partial charge in [0.25, 0.3) is 0 Å². The highest BCUT2D eigenvalue weighted by Crippen LogP contribution is 2.53. The molecule has 0 radical (unpaired) electrons. The number of nitrogens with one attached hydrogen (secondary N) is 4. The first-order chi connectivity index (χ1) is 27.6. The van der Waals surface area contributed by atoms with Crippen molar-refractivity contribution >= 4 is 24.0 Å². The van der Waals surface area contributed by atoms with E-state index in [9.17, 15) is 19.2 Å². The zero-order valence-corrected chi connectivity index (χ0v) is 32.8. The normalized spacial score (nSPS) is 25.8. The van der Waals surface area contributed by atoms with Gasteiger partial charge in [0.1, 0.15) is 23.2 Å². The van der Waals surface area contributed by atoms with Gasteiger partial charge in [-0.3, -0.25) is 9.59 Å². The van der Waals surface area contributed by atoms with Gasteiger partial charge in [0.2, 0.25) is 11.8 Å². The third-order valence-electron chi connectivity index (χ3n) is 13.2. The van der Waals surface area contributed by atoms with Crippen LogP contribution < -0.4 is 10.6 Å². The average molecular weight is 775 g/mol. The Balaban J connectivity index is 0.880. The average Bonchev–Trinajstić information content (AvgIpc) is 3.96. The number of hydrogen-bond donors (Lipinski definition) is 4. The van der Waals surface area contributed by atoms with E-state index < -0.39 is 23.8 Å². The molecule has 2 saturated heterocycles. The highest BCUT2D eigenvalue weighted by Gasteiger charge is 2.60. The van der Waals surface area contributed by atoms with Gasteiger partial charge in [-0.05, 0) is 91.4 Å². The van der Waals surface area contributed by atoms with E-state index >= 15 is 0 Å². The molecule has 4 heterocycles. The SMILES string of the molecule is COC(=O)N[C@H](C(=O)N1[C@@H]2CC[C@H](C2)[C@H]1c1ncc(-c2ccc(-c3ccc(-c4cnc([C@@H]5[C@@H]6CC[C@H](C6)N5C(=O)C5(NC(=O)OC)CC5)[nH]4)cc3)cc2)[nH]1)C(C)C. The van der Waals surface area contributed by atoms with Gasteiger partial charge in [0.05, 0.1) is 50.1 Å². The number of methoxy groups -OCH3 is 2. The maximum absolute atomic E-state index is 13.9. The molecule has 5 aliphatic rings. The molecule has 4 aromatic rings. The number of benzene rings is 2. The molecule has 5 fully saturated rings. The molecule has 57 heavy (non-hydrogen) atoms. The maximum atomic E-state index is 13.9. The van der Waals surface area contributed by atoms with Crippen LogP contribution in [-0.4, -0.2) is 91.6 Å². The number of nitrogens with zero attached hydrogens (tertiary/aromatic N) is 4. The van der Waals surface area contributed by atoms with Gasteiger partial charge >= 0.3 is 12.2 Å². The van der Waals surface area contributed by atoms with Gasteiger partial charge < -0.3 is 39.9 Å². The summed E-state index contributed by atoms with van der Waals surface area (Å²) in [6.45, 7) is 3.86. The Morgan fingerprint density at radius 1 is 0.702 bits per heavy atom. The quantitative estimate of drug-likeness (QED) is 0.141. The lowest BCUT2D eigenvalue weighted by Crippen LogP contribution is -2.54. The summed E-state index contributed by atoms with van der Waals surface area (Å²) in [6, 6.07) is 16.0. The molecule has 4 amide bonds. The molecule has 2 aliphatic heterocycles. The van der Waals surface area contributed by atoms with E-state index in [1.54, 1.807) is 0 Å². The zero-order valence-electron chi connectivity index (χ0n) is 32.8. The van der Waals surface area contributed by atoms with Crippen molar-refractivity contribution in [3.63, 3.8) is 0 Å². The highest BCUT2D eigenvalue weighted by molar-refractivity contribution is 5.93. The number of imidazole rings is 2. The van der Waals surface area contributed by atoms with Crippen LogP contribution in [0.25, 0.3) is 33.6 Å². The second-order valence-electron chi connectivity index (χ2n) is 16.9. The van der Waals surface area contributed by atoms with E-state index in [1.165, 1.54) is 14.2 Å². The summed E-state index contributed by atoms with van der Waals surface area (Å²) in [7, 11) is 2.63. The molecule has 3 saturated carbocycles. The third kappa shape index (κ3) is 6.52. The van der Waals surface area contributed by atoms with E-state index in [0.29, 0.717) is 24.7 Å². The van der Waals surface area contributed by atoms with Gasteiger partial charge in [-0.25, -0.2) is 19.6 Å². The zero-order chi connectivity index (χ0) is 39.6. The fourth-order valence-electron chi connectivity index (χ4n) is 10.1. The van der Waals surface area contributed by atoms with Crippen molar-refractivity contribution < 1.29 is 28.7 Å². The van der Waals surface area contributed by atoms with Crippen LogP contribution in [0, 0.1) is 17.8 Å². The van der Waals surface area contributed by atoms with Gasteiger partial charge in [-0.15, -0.1) is 0 Å². The second kappa shape index (κ2) is 14.4. The first kappa shape index (κ1) is 36.9. The summed E-state index contributed by atoms with van der Waals surface area (Å²) in [5.74, 6) is 1.99. The summed E-state index contributed by atoms with van der Waals surface area (Å²) < 4.78 is 9.63. The Hall–Kier alpha value is -5.66. The molecule has 0 unspecified atom stereocenters. The summed E-state index contributed by atoms with van der Waals surface area (Å²) in [5.41, 5.74) is 5.04. The summed E-state index contributed by atoms with van der Waals surface area (Å²) in [5, 5.41) is 5.56. The number of ether oxygens (including phenoxy) is 2. The third-order valence-corrected chi connectivity index (χ3v) is 13.2. The molecule has 3 aliphatic carbocycles. The van der Waals surface area contributed by atoms with Crippen molar-refractivity contribution in [2.45, 2.75) is 101 Å². The number of hydrogen-bond acceptors (Lipinski definition) is 8. The summed E-state index contributed by atoms with van der Waals surface area (Å²) >= 11 is 0. The molecule has 298 valence electrons. The predicted octanol–water partition coefficient (Wildman–Crippen LogP) is 6.51. The molecule has 0 spiro atoms. The van der Waals surface area contributed by atoms with Crippen molar-refractivity contribution in [2.24, 2.45) is 17.8 Å². The second-order valence-corrected chi connectivity index (χ2v) is 16.9. The molecule has 2 aromatic carbocycles. The van der Waals surface area contributed by atoms with Gasteiger partial charge in [0, 0.05) is 12.1 Å². The molecule has 9 rings (SSSR count). The number of H-pyrrole nitrogens is 2. The van der Waals surface area contributed by atoms with Gasteiger partial charge in [-0.1, -0.05) is 62.4 Å². The minimum absolute atomic E-state index is 0.0308. The predicted molar refractivity (Wildman–Crippen MR) is 210 cm³/mol. The van der Waals surface area contributed by atoms with Crippen molar-refractivity contribution in [1.29, 1.82) is 0 Å². The van der Waals surface area contributed by atoms with E-state index in [-0.39, 0.29) is 41.9 Å². The number of aromatic nitrogens is 4. The van der Waals surface area contributed by atoms with E-state index in [1.807, 2.05) is 36.0 Å². The van der Waals surface area contributed by atoms with E-state index in [2.05, 4.69) is 69.1 Å². The fourth-order valence-corrected chi connectivity index (χ4v) is 10.1. The minimum Gasteiger partial charge on any atom is -0.453 e. The van der Waals surface area contributed by atoms with Crippen molar-refractivity contribution in [2.75, 3.05) is 14.2 Å². The number of rotatable bonds is 10. The number of likely N-dealkylation sites (tertiary alicyclic amines) is 2. The standard InChI is InChI=1S/C43H50N8O6/c1-23(2)34(48-41(54)56-3)39(52)50-30-15-13-28(19-30)35(50)37-44-21-32(46-37)26-9-5-24(6-10-26)25-7-11-27(12-8-25)33-22-45-38(47-33)36-29-14-16-31(20-29)51(36)40(53)43(17-18-43)49-42(55)57-4/h5-12,21-23,28-31,34-36H,13-20H2,1-4H3,(H,44,46)(H,45,47)(H,48,54)(H,49,55)/t28-,29-,30-,31-,34+,35+,36+/m1/s1. The molecule has 14 nitrogen and oxygen atoms in total. The molecule has 4 N–H and O–H groups in total. The van der Waals surface area contributed by atoms with Crippen molar-refractivity contribution in [3.05, 3.63) is 72.6 Å². The highest BCUT2D eigenvalue weighted by atomic mass is 16.5. The maximum Gasteiger partial charge on any atom is 0.407 e. The number of aromatic amines is 2. The van der Waals surface area contributed by atoms with Crippen LogP contribution in [0.15, 0.2) is 60.9 Å². The van der Waals surface area contributed by atoms with Gasteiger partial charge in [-0.2, -0.15) is 0 Å². The Morgan fingerprint density at radius 3 is 1.65 bits per heavy atom. The lowest BCUT2D eigenvalue weighted by Gasteiger charge is -2.37. The summed E-state index contributed by atoms with van der Waals surface area (Å²) in [6.07, 6.45) is 9.65. The number of fused-ring (bicyclic) bond motifs is 4. The molecule has 2 aromatic heterocycles. The van der Waals surface area contributed by atoms with Crippen LogP contribution in [0.5, 0.6) is 0 Å². The lowest BCUT2D eigenvalue weighted by molar-refractivity contribution is -0.140. The van der Waals surface area contributed by atoms with Crippen molar-refractivity contribution in [1.82, 2.24) is 40.4 Å². The van der Waals surface area contributed by atoms with Crippen LogP contribution in [0.2, 0.25) is 0 Å². The molecule has 7 atom stereocenters. The lowest BCUT2D eigenvalue weighted by atomic mass is 9.95. The van der Waals surface area contributed by atoms with Crippen LogP contribution in [0.3, 0.4) is 0 Å². The largest absolute Gasteiger partial charge is 0.453 e. The number of carbonyl (C=O) groups is 4. The van der Waals surface area contributed by atoms with Crippen LogP contribution >= 0.6 is 0 Å². The number of piperidine rings is 2. The Morgan fingerprint density at radius 2 is 1.18 bits per heavy atom. The number of amides is 4. The van der Waals surface area contributed by atoms with Gasteiger partial charge in [0.15, 0.2) is 0 Å². The van der Waals surface area contributed by atoms with Crippen LogP contribution in [0.4, 0.5) is 9.59 Å². The Labute approximate surface area is 331 Å². The van der Waals surface area contributed by atoms with Crippen LogP contribution in [0.1, 0.15) is 88.9 Å². The molecular formula is C43H50N8O6. The molecular weight excluding hydrogens is 725 g/mol. The minimum atomic E-state index is -0.872. The van der Waals surface area contributed by atoms with Crippen molar-refractivity contribution in [3.8, 4) is 33.6 Å². The Bertz CT molecular complexity index is 2170. The topological polar surface area (TPSA) is 175 Å².